The first-order valence-corrected chi connectivity index (χ1v) is 4.99. The molecular formula is C10H20N2O. The van der Waals surface area contributed by atoms with E-state index in [4.69, 9.17) is 5.73 Å². The van der Waals surface area contributed by atoms with E-state index in [2.05, 4.69) is 19.2 Å². The summed E-state index contributed by atoms with van der Waals surface area (Å²) >= 11 is 0. The highest BCUT2D eigenvalue weighted by molar-refractivity contribution is 5.79. The van der Waals surface area contributed by atoms with Gasteiger partial charge in [-0.1, -0.05) is 20.3 Å². The minimum atomic E-state index is -0.261. The van der Waals surface area contributed by atoms with Gasteiger partial charge < -0.3 is 11.1 Å². The van der Waals surface area contributed by atoms with Crippen molar-refractivity contribution in [2.24, 2.45) is 11.1 Å². The van der Waals surface area contributed by atoms with Gasteiger partial charge >= 0.3 is 0 Å². The average Bonchev–Trinajstić information content (AvgIpc) is 2.30. The van der Waals surface area contributed by atoms with E-state index in [1.165, 1.54) is 12.8 Å². The Bertz CT molecular complexity index is 201. The maximum Gasteiger partial charge on any atom is 0.234 e. The molecule has 3 N–H and O–H groups in total. The van der Waals surface area contributed by atoms with Gasteiger partial charge in [-0.15, -0.1) is 0 Å². The highest BCUT2D eigenvalue weighted by Crippen LogP contribution is 2.37. The molecule has 1 unspecified atom stereocenters. The van der Waals surface area contributed by atoms with Crippen molar-refractivity contribution in [1.29, 1.82) is 0 Å². The van der Waals surface area contributed by atoms with Crippen LogP contribution in [0.4, 0.5) is 0 Å². The SMILES string of the molecule is C[C@H](NC1CCCC1(C)C)C(N)=O. The smallest absolute Gasteiger partial charge is 0.234 e. The summed E-state index contributed by atoms with van der Waals surface area (Å²) in [5.41, 5.74) is 5.51. The number of primary amides is 1. The maximum absolute atomic E-state index is 10.9. The number of hydrogen-bond donors (Lipinski definition) is 2. The molecule has 1 rings (SSSR count). The average molecular weight is 184 g/mol. The third-order valence-electron chi connectivity index (χ3n) is 3.14. The molecule has 0 aromatic carbocycles. The lowest BCUT2D eigenvalue weighted by molar-refractivity contribution is -0.119. The van der Waals surface area contributed by atoms with Crippen LogP contribution in [0.15, 0.2) is 0 Å². The first-order valence-electron chi connectivity index (χ1n) is 4.99. The van der Waals surface area contributed by atoms with Gasteiger partial charge in [-0.3, -0.25) is 4.79 Å². The summed E-state index contributed by atoms with van der Waals surface area (Å²) in [6, 6.07) is 0.234. The van der Waals surface area contributed by atoms with Gasteiger partial charge in [-0.2, -0.15) is 0 Å². The maximum atomic E-state index is 10.9. The number of nitrogens with two attached hydrogens (primary N) is 1. The van der Waals surface area contributed by atoms with Crippen molar-refractivity contribution in [2.75, 3.05) is 0 Å². The molecule has 1 fully saturated rings. The Balaban J connectivity index is 2.49. The highest BCUT2D eigenvalue weighted by Gasteiger charge is 2.35. The molecule has 0 spiro atoms. The number of hydrogen-bond acceptors (Lipinski definition) is 2. The molecule has 1 aliphatic carbocycles. The van der Waals surface area contributed by atoms with Crippen LogP contribution in [0.5, 0.6) is 0 Å². The molecule has 0 aromatic heterocycles. The topological polar surface area (TPSA) is 55.1 Å². The molecule has 3 nitrogen and oxygen atoms in total. The van der Waals surface area contributed by atoms with E-state index in [-0.39, 0.29) is 11.9 Å². The predicted octanol–water partition coefficient (Wildman–Crippen LogP) is 1.03. The highest BCUT2D eigenvalue weighted by atomic mass is 16.1. The summed E-state index contributed by atoms with van der Waals surface area (Å²) in [5, 5.41) is 3.29. The minimum absolute atomic E-state index is 0.206. The quantitative estimate of drug-likeness (QED) is 0.688. The molecule has 1 amide bonds. The Hall–Kier alpha value is -0.570. The van der Waals surface area contributed by atoms with Gasteiger partial charge in [0.15, 0.2) is 0 Å². The summed E-state index contributed by atoms with van der Waals surface area (Å²) in [6.45, 7) is 6.31. The fourth-order valence-electron chi connectivity index (χ4n) is 2.02. The second-order valence-electron chi connectivity index (χ2n) is 4.72. The van der Waals surface area contributed by atoms with Crippen molar-refractivity contribution in [2.45, 2.75) is 52.1 Å². The van der Waals surface area contributed by atoms with Crippen LogP contribution >= 0.6 is 0 Å². The van der Waals surface area contributed by atoms with Crippen molar-refractivity contribution < 1.29 is 4.79 Å². The van der Waals surface area contributed by atoms with Crippen LogP contribution in [-0.4, -0.2) is 18.0 Å². The van der Waals surface area contributed by atoms with Gasteiger partial charge in [-0.25, -0.2) is 0 Å². The summed E-state index contributed by atoms with van der Waals surface area (Å²) in [5.74, 6) is -0.261. The van der Waals surface area contributed by atoms with Crippen molar-refractivity contribution in [3.63, 3.8) is 0 Å². The molecule has 76 valence electrons. The molecule has 1 aliphatic rings. The van der Waals surface area contributed by atoms with Gasteiger partial charge in [0.2, 0.25) is 5.91 Å². The van der Waals surface area contributed by atoms with E-state index < -0.39 is 0 Å². The molecular weight excluding hydrogens is 164 g/mol. The summed E-state index contributed by atoms with van der Waals surface area (Å²) in [6.07, 6.45) is 3.64. The van der Waals surface area contributed by atoms with E-state index in [1.54, 1.807) is 0 Å². The van der Waals surface area contributed by atoms with Crippen LogP contribution < -0.4 is 11.1 Å². The van der Waals surface area contributed by atoms with Crippen molar-refractivity contribution >= 4 is 5.91 Å². The molecule has 0 aliphatic heterocycles. The van der Waals surface area contributed by atoms with Gasteiger partial charge in [-0.05, 0) is 25.2 Å². The Kier molecular flexibility index (Phi) is 2.96. The standard InChI is InChI=1S/C10H20N2O/c1-7(9(11)13)12-8-5-4-6-10(8,2)3/h7-8,12H,4-6H2,1-3H3,(H2,11,13)/t7-,8?/m0/s1. The molecule has 2 atom stereocenters. The fourth-order valence-corrected chi connectivity index (χ4v) is 2.02. The molecule has 0 radical (unpaired) electrons. The number of carbonyl (C=O) groups is 1. The van der Waals surface area contributed by atoms with Crippen molar-refractivity contribution in [3.8, 4) is 0 Å². The Morgan fingerprint density at radius 3 is 2.62 bits per heavy atom. The number of carbonyl (C=O) groups excluding carboxylic acids is 1. The third kappa shape index (κ3) is 2.44. The van der Waals surface area contributed by atoms with E-state index in [1.807, 2.05) is 6.92 Å². The van der Waals surface area contributed by atoms with E-state index in [0.29, 0.717) is 11.5 Å². The van der Waals surface area contributed by atoms with Crippen LogP contribution in [0, 0.1) is 5.41 Å². The first kappa shape index (κ1) is 10.5. The predicted molar refractivity (Wildman–Crippen MR) is 53.2 cm³/mol. The van der Waals surface area contributed by atoms with Crippen molar-refractivity contribution in [3.05, 3.63) is 0 Å². The first-order chi connectivity index (χ1) is 5.93. The lowest BCUT2D eigenvalue weighted by Gasteiger charge is -2.29. The van der Waals surface area contributed by atoms with Gasteiger partial charge in [0.05, 0.1) is 6.04 Å². The third-order valence-corrected chi connectivity index (χ3v) is 3.14. The van der Waals surface area contributed by atoms with Crippen LogP contribution in [-0.2, 0) is 4.79 Å². The largest absolute Gasteiger partial charge is 0.368 e. The number of amides is 1. The summed E-state index contributed by atoms with van der Waals surface area (Å²) in [4.78, 5) is 10.9. The second kappa shape index (κ2) is 3.66. The van der Waals surface area contributed by atoms with E-state index in [9.17, 15) is 4.79 Å². The molecule has 1 saturated carbocycles. The number of rotatable bonds is 3. The Labute approximate surface area is 80.1 Å². The van der Waals surface area contributed by atoms with Crippen LogP contribution in [0.25, 0.3) is 0 Å². The molecule has 0 aromatic rings. The zero-order chi connectivity index (χ0) is 10.1. The molecule has 0 saturated heterocycles. The molecule has 3 heteroatoms. The zero-order valence-corrected chi connectivity index (χ0v) is 8.76. The zero-order valence-electron chi connectivity index (χ0n) is 8.76. The van der Waals surface area contributed by atoms with Crippen LogP contribution in [0.2, 0.25) is 0 Å². The number of nitrogens with one attached hydrogen (secondary N) is 1. The molecule has 13 heavy (non-hydrogen) atoms. The second-order valence-corrected chi connectivity index (χ2v) is 4.72. The Morgan fingerprint density at radius 1 is 1.62 bits per heavy atom. The normalized spacial score (nSPS) is 28.7. The lowest BCUT2D eigenvalue weighted by atomic mass is 9.87. The van der Waals surface area contributed by atoms with E-state index >= 15 is 0 Å². The fraction of sp³-hybridized carbons (Fsp3) is 0.900. The van der Waals surface area contributed by atoms with E-state index in [0.717, 1.165) is 6.42 Å². The minimum Gasteiger partial charge on any atom is -0.368 e. The summed E-state index contributed by atoms with van der Waals surface area (Å²) in [7, 11) is 0. The van der Waals surface area contributed by atoms with Gasteiger partial charge in [0.1, 0.15) is 0 Å². The van der Waals surface area contributed by atoms with Crippen LogP contribution in [0.1, 0.15) is 40.0 Å². The molecule has 0 bridgehead atoms. The molecule has 0 heterocycles. The van der Waals surface area contributed by atoms with Gasteiger partial charge in [0, 0.05) is 6.04 Å². The summed E-state index contributed by atoms with van der Waals surface area (Å²) < 4.78 is 0. The lowest BCUT2D eigenvalue weighted by Crippen LogP contribution is -2.48. The van der Waals surface area contributed by atoms with Crippen molar-refractivity contribution in [1.82, 2.24) is 5.32 Å². The monoisotopic (exact) mass is 184 g/mol. The van der Waals surface area contributed by atoms with Gasteiger partial charge in [0.25, 0.3) is 0 Å². The van der Waals surface area contributed by atoms with Crippen LogP contribution in [0.3, 0.4) is 0 Å². The Morgan fingerprint density at radius 2 is 2.23 bits per heavy atom.